The molecule has 1 saturated heterocycles. The Morgan fingerprint density at radius 2 is 2.18 bits per heavy atom. The Balaban J connectivity index is 2.03. The van der Waals surface area contributed by atoms with Crippen molar-refractivity contribution in [2.45, 2.75) is 38.6 Å². The number of hydrogen-bond acceptors (Lipinski definition) is 2. The zero-order chi connectivity index (χ0) is 15.7. The minimum absolute atomic E-state index is 0.144. The first-order valence-electron chi connectivity index (χ1n) is 7.73. The lowest BCUT2D eigenvalue weighted by atomic mass is 9.99. The number of pyridine rings is 1. The molecule has 1 aliphatic heterocycles. The SMILES string of the molecule is CCC1CCCCN1C(=O)c1cc2cc(Br)ccc2[nH]c1=O. The Hall–Kier alpha value is -1.62. The lowest BCUT2D eigenvalue weighted by Gasteiger charge is -2.35. The van der Waals surface area contributed by atoms with Gasteiger partial charge in [-0.05, 0) is 49.9 Å². The van der Waals surface area contributed by atoms with Gasteiger partial charge in [0.2, 0.25) is 0 Å². The predicted octanol–water partition coefficient (Wildman–Crippen LogP) is 3.70. The van der Waals surface area contributed by atoms with Gasteiger partial charge >= 0.3 is 0 Å². The number of fused-ring (bicyclic) bond motifs is 1. The average molecular weight is 363 g/mol. The van der Waals surface area contributed by atoms with E-state index >= 15 is 0 Å². The summed E-state index contributed by atoms with van der Waals surface area (Å²) in [6.07, 6.45) is 4.13. The van der Waals surface area contributed by atoms with Crippen molar-refractivity contribution in [2.24, 2.45) is 0 Å². The lowest BCUT2D eigenvalue weighted by Crippen LogP contribution is -2.45. The Morgan fingerprint density at radius 1 is 1.36 bits per heavy atom. The van der Waals surface area contributed by atoms with Gasteiger partial charge in [-0.15, -0.1) is 0 Å². The minimum atomic E-state index is -0.305. The number of likely N-dealkylation sites (tertiary alicyclic amines) is 1. The molecule has 5 heteroatoms. The van der Waals surface area contributed by atoms with E-state index in [1.807, 2.05) is 23.1 Å². The van der Waals surface area contributed by atoms with E-state index in [4.69, 9.17) is 0 Å². The predicted molar refractivity (Wildman–Crippen MR) is 91.2 cm³/mol. The van der Waals surface area contributed by atoms with Crippen LogP contribution in [-0.4, -0.2) is 28.4 Å². The second kappa shape index (κ2) is 6.24. The number of nitrogens with zero attached hydrogens (tertiary/aromatic N) is 1. The number of halogens is 1. The van der Waals surface area contributed by atoms with Gasteiger partial charge in [0.1, 0.15) is 5.56 Å². The van der Waals surface area contributed by atoms with Gasteiger partial charge in [0.25, 0.3) is 11.5 Å². The van der Waals surface area contributed by atoms with Crippen LogP contribution in [0.4, 0.5) is 0 Å². The van der Waals surface area contributed by atoms with Crippen LogP contribution in [0.1, 0.15) is 43.0 Å². The van der Waals surface area contributed by atoms with Crippen molar-refractivity contribution in [1.82, 2.24) is 9.88 Å². The summed E-state index contributed by atoms with van der Waals surface area (Å²) in [5, 5.41) is 0.863. The molecule has 0 bridgehead atoms. The molecular weight excluding hydrogens is 344 g/mol. The molecule has 0 saturated carbocycles. The fourth-order valence-electron chi connectivity index (χ4n) is 3.18. The maximum atomic E-state index is 12.8. The monoisotopic (exact) mass is 362 g/mol. The molecule has 0 spiro atoms. The molecule has 2 aromatic rings. The third-order valence-corrected chi connectivity index (χ3v) is 4.89. The van der Waals surface area contributed by atoms with E-state index in [2.05, 4.69) is 27.8 Å². The quantitative estimate of drug-likeness (QED) is 0.885. The summed E-state index contributed by atoms with van der Waals surface area (Å²) in [6.45, 7) is 2.84. The molecule has 22 heavy (non-hydrogen) atoms. The number of rotatable bonds is 2. The Kier molecular flexibility index (Phi) is 4.34. The highest BCUT2D eigenvalue weighted by atomic mass is 79.9. The summed E-state index contributed by atoms with van der Waals surface area (Å²) in [5.41, 5.74) is 0.682. The van der Waals surface area contributed by atoms with Gasteiger partial charge in [0.05, 0.1) is 0 Å². The van der Waals surface area contributed by atoms with Crippen molar-refractivity contribution in [3.8, 4) is 0 Å². The molecule has 1 N–H and O–H groups in total. The molecule has 0 radical (unpaired) electrons. The number of hydrogen-bond donors (Lipinski definition) is 1. The van der Waals surface area contributed by atoms with Gasteiger partial charge in [-0.2, -0.15) is 0 Å². The Labute approximate surface area is 137 Å². The second-order valence-corrected chi connectivity index (χ2v) is 6.72. The molecule has 0 aliphatic carbocycles. The zero-order valence-corrected chi connectivity index (χ0v) is 14.1. The van der Waals surface area contributed by atoms with E-state index in [1.165, 1.54) is 0 Å². The van der Waals surface area contributed by atoms with Crippen LogP contribution in [0.2, 0.25) is 0 Å². The van der Waals surface area contributed by atoms with Gasteiger partial charge in [-0.25, -0.2) is 0 Å². The van der Waals surface area contributed by atoms with Gasteiger partial charge in [-0.3, -0.25) is 9.59 Å². The molecule has 1 fully saturated rings. The normalized spacial score (nSPS) is 18.6. The van der Waals surface area contributed by atoms with Crippen LogP contribution in [0.3, 0.4) is 0 Å². The molecular formula is C17H19BrN2O2. The van der Waals surface area contributed by atoms with E-state index in [0.717, 1.165) is 47.6 Å². The van der Waals surface area contributed by atoms with E-state index in [1.54, 1.807) is 6.07 Å². The van der Waals surface area contributed by atoms with E-state index in [0.29, 0.717) is 0 Å². The molecule has 2 heterocycles. The minimum Gasteiger partial charge on any atom is -0.336 e. The highest BCUT2D eigenvalue weighted by Gasteiger charge is 2.27. The zero-order valence-electron chi connectivity index (χ0n) is 12.6. The number of H-pyrrole nitrogens is 1. The number of piperidine rings is 1. The number of aromatic nitrogens is 1. The molecule has 1 aliphatic rings. The summed E-state index contributed by atoms with van der Waals surface area (Å²) < 4.78 is 0.926. The molecule has 1 atom stereocenters. The summed E-state index contributed by atoms with van der Waals surface area (Å²) in [4.78, 5) is 29.8. The first-order chi connectivity index (χ1) is 10.6. The van der Waals surface area contributed by atoms with Gasteiger partial charge in [0.15, 0.2) is 0 Å². The van der Waals surface area contributed by atoms with Crippen LogP contribution < -0.4 is 5.56 Å². The van der Waals surface area contributed by atoms with Crippen LogP contribution >= 0.6 is 15.9 Å². The molecule has 3 rings (SSSR count). The fraction of sp³-hybridized carbons (Fsp3) is 0.412. The first-order valence-corrected chi connectivity index (χ1v) is 8.53. The molecule has 4 nitrogen and oxygen atoms in total. The largest absolute Gasteiger partial charge is 0.336 e. The van der Waals surface area contributed by atoms with Crippen LogP contribution in [0.15, 0.2) is 33.5 Å². The van der Waals surface area contributed by atoms with Crippen molar-refractivity contribution < 1.29 is 4.79 Å². The Bertz CT molecular complexity index is 769. The summed E-state index contributed by atoms with van der Waals surface area (Å²) >= 11 is 3.42. The molecule has 1 aromatic heterocycles. The number of nitrogens with one attached hydrogen (secondary N) is 1. The summed E-state index contributed by atoms with van der Waals surface area (Å²) in [6, 6.07) is 7.58. The van der Waals surface area contributed by atoms with Crippen molar-refractivity contribution in [3.05, 3.63) is 44.7 Å². The van der Waals surface area contributed by atoms with Crippen molar-refractivity contribution in [1.29, 1.82) is 0 Å². The van der Waals surface area contributed by atoms with E-state index < -0.39 is 0 Å². The van der Waals surface area contributed by atoms with Gasteiger partial charge in [-0.1, -0.05) is 22.9 Å². The molecule has 1 amide bonds. The number of amides is 1. The van der Waals surface area contributed by atoms with Crippen molar-refractivity contribution in [2.75, 3.05) is 6.54 Å². The Morgan fingerprint density at radius 3 is 2.95 bits per heavy atom. The van der Waals surface area contributed by atoms with Crippen molar-refractivity contribution in [3.63, 3.8) is 0 Å². The van der Waals surface area contributed by atoms with Crippen LogP contribution in [-0.2, 0) is 0 Å². The maximum Gasteiger partial charge on any atom is 0.261 e. The van der Waals surface area contributed by atoms with Gasteiger partial charge < -0.3 is 9.88 Å². The lowest BCUT2D eigenvalue weighted by molar-refractivity contribution is 0.0606. The summed E-state index contributed by atoms with van der Waals surface area (Å²) in [5.74, 6) is -0.144. The van der Waals surface area contributed by atoms with E-state index in [-0.39, 0.29) is 23.1 Å². The third kappa shape index (κ3) is 2.82. The fourth-order valence-corrected chi connectivity index (χ4v) is 3.56. The van der Waals surface area contributed by atoms with Crippen molar-refractivity contribution >= 4 is 32.7 Å². The standard InChI is InChI=1S/C17H19BrN2O2/c1-2-13-5-3-4-8-20(13)17(22)14-10-11-9-12(18)6-7-15(11)19-16(14)21/h6-7,9-10,13H,2-5,8H2,1H3,(H,19,21). The third-order valence-electron chi connectivity index (χ3n) is 4.40. The molecule has 116 valence electrons. The second-order valence-electron chi connectivity index (χ2n) is 5.80. The highest BCUT2D eigenvalue weighted by molar-refractivity contribution is 9.10. The topological polar surface area (TPSA) is 53.2 Å². The smallest absolute Gasteiger partial charge is 0.261 e. The number of aromatic amines is 1. The molecule has 1 unspecified atom stereocenters. The van der Waals surface area contributed by atoms with Crippen LogP contribution in [0.25, 0.3) is 10.9 Å². The first kappa shape index (κ1) is 15.3. The maximum absolute atomic E-state index is 12.8. The van der Waals surface area contributed by atoms with Crippen LogP contribution in [0, 0.1) is 0 Å². The highest BCUT2D eigenvalue weighted by Crippen LogP contribution is 2.22. The number of benzene rings is 1. The molecule has 1 aromatic carbocycles. The van der Waals surface area contributed by atoms with Crippen LogP contribution in [0.5, 0.6) is 0 Å². The number of carbonyl (C=O) groups excluding carboxylic acids is 1. The van der Waals surface area contributed by atoms with Gasteiger partial charge in [0, 0.05) is 28.0 Å². The summed E-state index contributed by atoms with van der Waals surface area (Å²) in [7, 11) is 0. The van der Waals surface area contributed by atoms with E-state index in [9.17, 15) is 9.59 Å². The number of carbonyl (C=O) groups is 1. The average Bonchev–Trinajstić information content (AvgIpc) is 2.54.